The molecule has 12 nitrogen and oxygen atoms in total. The molecule has 7 N–H and O–H groups in total. The summed E-state index contributed by atoms with van der Waals surface area (Å²) in [5.74, 6) is -3.20. The molecule has 0 bridgehead atoms. The molecular weight excluding hydrogens is 535 g/mol. The first-order chi connectivity index (χ1) is 18.9. The fourth-order valence-corrected chi connectivity index (χ4v) is 5.75. The molecule has 0 amide bonds. The first-order valence-corrected chi connectivity index (χ1v) is 12.6. The van der Waals surface area contributed by atoms with Crippen molar-refractivity contribution in [3.8, 4) is 17.2 Å². The zero-order valence-electron chi connectivity index (χ0n) is 21.4. The van der Waals surface area contributed by atoms with E-state index in [1.807, 2.05) is 0 Å². The number of carbonyl (C=O) groups excluding carboxylic acids is 2. The molecule has 1 heterocycles. The first kappa shape index (κ1) is 28.4. The van der Waals surface area contributed by atoms with Crippen LogP contribution in [0.15, 0.2) is 18.2 Å². The van der Waals surface area contributed by atoms with E-state index in [2.05, 4.69) is 0 Å². The van der Waals surface area contributed by atoms with Crippen LogP contribution in [0.5, 0.6) is 17.2 Å². The summed E-state index contributed by atoms with van der Waals surface area (Å²) in [6.45, 7) is 0.431. The molecule has 2 aliphatic carbocycles. The molecule has 2 aromatic rings. The number of aliphatic hydroxyl groups excluding tert-OH is 4. The second-order valence-corrected chi connectivity index (χ2v) is 10.3. The number of hydrogen-bond donors (Lipinski definition) is 7. The van der Waals surface area contributed by atoms with Crippen molar-refractivity contribution in [3.63, 3.8) is 0 Å². The highest BCUT2D eigenvalue weighted by molar-refractivity contribution is 6.31. The van der Waals surface area contributed by atoms with Crippen LogP contribution in [0, 0.1) is 0 Å². The van der Waals surface area contributed by atoms with Crippen molar-refractivity contribution in [2.45, 2.75) is 68.3 Å². The highest BCUT2D eigenvalue weighted by Crippen LogP contribution is 2.53. The van der Waals surface area contributed by atoms with Gasteiger partial charge in [-0.05, 0) is 13.0 Å². The van der Waals surface area contributed by atoms with Gasteiger partial charge in [-0.1, -0.05) is 12.1 Å². The Kier molecular flexibility index (Phi) is 7.11. The number of aliphatic hydroxyl groups is 5. The number of hydrogen-bond acceptors (Lipinski definition) is 12. The summed E-state index contributed by atoms with van der Waals surface area (Å²) in [5, 5.41) is 74.1. The van der Waals surface area contributed by atoms with Gasteiger partial charge in [-0.25, -0.2) is 4.39 Å². The zero-order valence-corrected chi connectivity index (χ0v) is 21.4. The molecule has 0 aromatic heterocycles. The maximum absolute atomic E-state index is 15.0. The van der Waals surface area contributed by atoms with Crippen LogP contribution in [-0.4, -0.2) is 104 Å². The number of benzene rings is 2. The Morgan fingerprint density at radius 2 is 1.77 bits per heavy atom. The Morgan fingerprint density at radius 1 is 1.10 bits per heavy atom. The van der Waals surface area contributed by atoms with Crippen LogP contribution in [0.1, 0.15) is 62.4 Å². The van der Waals surface area contributed by atoms with E-state index in [1.165, 1.54) is 32.2 Å². The van der Waals surface area contributed by atoms with Gasteiger partial charge >= 0.3 is 0 Å². The van der Waals surface area contributed by atoms with Gasteiger partial charge < -0.3 is 50.0 Å². The molecule has 1 saturated heterocycles. The number of methoxy groups -OCH3 is 1. The van der Waals surface area contributed by atoms with Gasteiger partial charge in [0.25, 0.3) is 0 Å². The minimum Gasteiger partial charge on any atom is -0.507 e. The summed E-state index contributed by atoms with van der Waals surface area (Å²) < 4.78 is 31.3. The second-order valence-electron chi connectivity index (χ2n) is 10.3. The molecule has 0 radical (unpaired) electrons. The minimum atomic E-state index is -2.29. The highest BCUT2D eigenvalue weighted by atomic mass is 19.1. The van der Waals surface area contributed by atoms with Crippen molar-refractivity contribution in [1.82, 2.24) is 0 Å². The topological polar surface area (TPSA) is 203 Å². The van der Waals surface area contributed by atoms with E-state index in [0.29, 0.717) is 0 Å². The minimum absolute atomic E-state index is 0.0452. The molecule has 8 atom stereocenters. The Hall–Kier alpha value is -3.17. The van der Waals surface area contributed by atoms with Crippen molar-refractivity contribution in [2.24, 2.45) is 0 Å². The van der Waals surface area contributed by atoms with Crippen LogP contribution in [0.3, 0.4) is 0 Å². The van der Waals surface area contributed by atoms with Gasteiger partial charge in [0.15, 0.2) is 18.2 Å². The van der Waals surface area contributed by atoms with E-state index in [1.54, 1.807) is 0 Å². The molecule has 5 rings (SSSR count). The lowest BCUT2D eigenvalue weighted by molar-refractivity contribution is -0.296. The van der Waals surface area contributed by atoms with Gasteiger partial charge in [-0.15, -0.1) is 0 Å². The Bertz CT molecular complexity index is 1380. The average molecular weight is 565 g/mol. The number of phenolic OH excluding ortho intramolecular Hbond substituents is 2. The molecule has 1 fully saturated rings. The molecule has 1 unspecified atom stereocenters. The molecule has 40 heavy (non-hydrogen) atoms. The van der Waals surface area contributed by atoms with Crippen LogP contribution in [0.4, 0.5) is 4.39 Å². The lowest BCUT2D eigenvalue weighted by atomic mass is 9.71. The number of ether oxygens (including phenoxy) is 3. The zero-order chi connectivity index (χ0) is 29.3. The summed E-state index contributed by atoms with van der Waals surface area (Å²) in [5.41, 5.74) is -4.14. The van der Waals surface area contributed by atoms with E-state index >= 15 is 0 Å². The molecule has 0 spiro atoms. The normalized spacial score (nSPS) is 32.2. The Morgan fingerprint density at radius 3 is 2.42 bits per heavy atom. The summed E-state index contributed by atoms with van der Waals surface area (Å²) in [6, 6.07) is 4.25. The van der Waals surface area contributed by atoms with E-state index in [4.69, 9.17) is 14.2 Å². The number of aromatic hydroxyl groups is 2. The summed E-state index contributed by atoms with van der Waals surface area (Å²) in [7, 11) is 1.29. The maximum atomic E-state index is 15.0. The van der Waals surface area contributed by atoms with E-state index in [9.17, 15) is 49.7 Å². The predicted octanol–water partition coefficient (Wildman–Crippen LogP) is -0.225. The smallest absolute Gasteiger partial charge is 0.202 e. The number of carbonyl (C=O) groups is 2. The Labute approximate surface area is 226 Å². The average Bonchev–Trinajstić information content (AvgIpc) is 2.94. The van der Waals surface area contributed by atoms with E-state index in [-0.39, 0.29) is 28.0 Å². The molecular formula is C27H29FO12. The van der Waals surface area contributed by atoms with Gasteiger partial charge in [0.05, 0.1) is 48.2 Å². The van der Waals surface area contributed by atoms with Crippen molar-refractivity contribution in [3.05, 3.63) is 51.6 Å². The lowest BCUT2D eigenvalue weighted by Gasteiger charge is -2.44. The Balaban J connectivity index is 1.69. The molecule has 13 heteroatoms. The van der Waals surface area contributed by atoms with E-state index < -0.39 is 102 Å². The molecule has 2 aromatic carbocycles. The molecule has 0 saturated carbocycles. The van der Waals surface area contributed by atoms with Crippen LogP contribution >= 0.6 is 0 Å². The van der Waals surface area contributed by atoms with Crippen molar-refractivity contribution >= 4 is 11.6 Å². The third kappa shape index (κ3) is 4.08. The fourth-order valence-electron chi connectivity index (χ4n) is 5.75. The largest absolute Gasteiger partial charge is 0.507 e. The van der Waals surface area contributed by atoms with Crippen LogP contribution in [0.25, 0.3) is 0 Å². The van der Waals surface area contributed by atoms with Gasteiger partial charge in [0, 0.05) is 29.5 Å². The molecule has 216 valence electrons. The quantitative estimate of drug-likeness (QED) is 0.201. The monoisotopic (exact) mass is 564 g/mol. The summed E-state index contributed by atoms with van der Waals surface area (Å²) >= 11 is 0. The summed E-state index contributed by atoms with van der Waals surface area (Å²) in [4.78, 5) is 27.1. The number of ketones is 2. The van der Waals surface area contributed by atoms with Crippen molar-refractivity contribution < 1.29 is 63.9 Å². The standard InChI is InChI=1S/C27H29FO12/c1-9-20(31)25(36)19(28)26(39-9)40-13-7-27(37,14(30)8-29)6-11-16(13)24(35)18-17(22(11)33)21(32)10-4-3-5-12(38-2)15(10)23(18)34/h3-5,9,13-14,19-20,25-26,29-31,33,35-37H,6-8H2,1-2H3/t9-,13-,14?,19+,20+,25-,26-,27-/m0/s1. The fraction of sp³-hybridized carbons (Fsp3) is 0.481. The molecule has 1 aliphatic heterocycles. The third-order valence-corrected chi connectivity index (χ3v) is 7.96. The van der Waals surface area contributed by atoms with Gasteiger partial charge in [-0.2, -0.15) is 0 Å². The van der Waals surface area contributed by atoms with Crippen molar-refractivity contribution in [1.29, 1.82) is 0 Å². The number of halogens is 1. The SMILES string of the molecule is COc1cccc2c1C(=O)c1c(O)c3c(c(O)c1C2=O)C[C@@](O)(C(O)CO)C[C@@H]3O[C@@H]1O[C@@H](C)[C@@H](O)[C@@H](O)[C@H]1F. The second kappa shape index (κ2) is 10.0. The number of phenols is 2. The summed E-state index contributed by atoms with van der Waals surface area (Å²) in [6.07, 6.45) is -13.3. The van der Waals surface area contributed by atoms with Gasteiger partial charge in [0.2, 0.25) is 5.78 Å². The first-order valence-electron chi connectivity index (χ1n) is 12.6. The van der Waals surface area contributed by atoms with Crippen LogP contribution in [-0.2, 0) is 15.9 Å². The van der Waals surface area contributed by atoms with Crippen LogP contribution in [0.2, 0.25) is 0 Å². The number of alkyl halides is 1. The lowest BCUT2D eigenvalue weighted by Crippen LogP contribution is -2.56. The van der Waals surface area contributed by atoms with Gasteiger partial charge in [0.1, 0.15) is 35.6 Å². The van der Waals surface area contributed by atoms with E-state index in [0.717, 1.165) is 0 Å². The van der Waals surface area contributed by atoms with Crippen LogP contribution < -0.4 is 4.74 Å². The van der Waals surface area contributed by atoms with Gasteiger partial charge in [-0.3, -0.25) is 9.59 Å². The number of fused-ring (bicyclic) bond motifs is 3. The highest BCUT2D eigenvalue weighted by Gasteiger charge is 2.51. The predicted molar refractivity (Wildman–Crippen MR) is 131 cm³/mol. The number of rotatable bonds is 5. The third-order valence-electron chi connectivity index (χ3n) is 7.96. The van der Waals surface area contributed by atoms with Crippen molar-refractivity contribution in [2.75, 3.05) is 13.7 Å². The molecule has 3 aliphatic rings. The maximum Gasteiger partial charge on any atom is 0.202 e.